The van der Waals surface area contributed by atoms with Crippen molar-refractivity contribution in [2.24, 2.45) is 0 Å². The van der Waals surface area contributed by atoms with Crippen LogP contribution in [0.2, 0.25) is 0 Å². The van der Waals surface area contributed by atoms with Gasteiger partial charge in [-0.1, -0.05) is 12.8 Å². The molecule has 4 heteroatoms. The average Bonchev–Trinajstić information content (AvgIpc) is 3.22. The molecular weight excluding hydrogens is 286 g/mol. The number of H-pyrrole nitrogens is 1. The summed E-state index contributed by atoms with van der Waals surface area (Å²) in [6.45, 7) is 2.13. The molecule has 2 aromatic rings. The topological polar surface area (TPSA) is 49.9 Å². The van der Waals surface area contributed by atoms with Gasteiger partial charge < -0.3 is 10.1 Å². The average molecular weight is 313 g/mol. The number of aromatic amines is 1. The number of ether oxygens (including phenoxy) is 1. The minimum Gasteiger partial charge on any atom is -0.490 e. The molecule has 0 aliphatic heterocycles. The second kappa shape index (κ2) is 6.52. The maximum atomic E-state index is 6.38. The van der Waals surface area contributed by atoms with Crippen LogP contribution in [-0.2, 0) is 0 Å². The molecule has 2 saturated carbocycles. The highest BCUT2D eigenvalue weighted by Crippen LogP contribution is 2.30. The van der Waals surface area contributed by atoms with Gasteiger partial charge in [-0.05, 0) is 57.6 Å². The maximum absolute atomic E-state index is 6.38. The summed E-state index contributed by atoms with van der Waals surface area (Å²) in [5, 5.41) is 12.2. The van der Waals surface area contributed by atoms with Crippen molar-refractivity contribution in [3.63, 3.8) is 0 Å². The van der Waals surface area contributed by atoms with Gasteiger partial charge in [-0.2, -0.15) is 5.10 Å². The lowest BCUT2D eigenvalue weighted by Crippen LogP contribution is -2.42. The molecular formula is C19H27N3O. The fourth-order valence-electron chi connectivity index (χ4n) is 4.28. The lowest BCUT2D eigenvalue weighted by atomic mass is 9.92. The number of nitrogens with zero attached hydrogens (tertiary/aromatic N) is 1. The van der Waals surface area contributed by atoms with E-state index in [0.29, 0.717) is 12.1 Å². The number of hydrogen-bond donors (Lipinski definition) is 2. The van der Waals surface area contributed by atoms with E-state index in [-0.39, 0.29) is 0 Å². The molecule has 1 aromatic heterocycles. The van der Waals surface area contributed by atoms with E-state index in [2.05, 4.69) is 34.6 Å². The number of rotatable bonds is 4. The number of nitrogens with one attached hydrogen (secondary N) is 2. The van der Waals surface area contributed by atoms with Gasteiger partial charge in [-0.25, -0.2) is 0 Å². The van der Waals surface area contributed by atoms with Gasteiger partial charge in [-0.15, -0.1) is 0 Å². The third-order valence-corrected chi connectivity index (χ3v) is 5.59. The number of aryl methyl sites for hydroxylation is 1. The Labute approximate surface area is 138 Å². The van der Waals surface area contributed by atoms with Crippen LogP contribution >= 0.6 is 0 Å². The Bertz CT molecular complexity index is 660. The minimum absolute atomic E-state index is 0.339. The third kappa shape index (κ3) is 3.23. The Morgan fingerprint density at radius 2 is 1.91 bits per heavy atom. The predicted molar refractivity (Wildman–Crippen MR) is 92.9 cm³/mol. The Hall–Kier alpha value is -1.55. The normalized spacial score (nSPS) is 26.0. The molecule has 0 radical (unpaired) electrons. The van der Waals surface area contributed by atoms with Crippen LogP contribution in [0.25, 0.3) is 10.9 Å². The van der Waals surface area contributed by atoms with Crippen molar-refractivity contribution in [1.29, 1.82) is 0 Å². The zero-order chi connectivity index (χ0) is 15.6. The summed E-state index contributed by atoms with van der Waals surface area (Å²) >= 11 is 0. The van der Waals surface area contributed by atoms with E-state index in [1.54, 1.807) is 0 Å². The van der Waals surface area contributed by atoms with Crippen molar-refractivity contribution in [3.05, 3.63) is 23.9 Å². The molecule has 2 aliphatic carbocycles. The molecule has 2 aliphatic rings. The van der Waals surface area contributed by atoms with E-state index in [9.17, 15) is 0 Å². The zero-order valence-corrected chi connectivity index (χ0v) is 14.0. The van der Waals surface area contributed by atoms with Crippen molar-refractivity contribution in [2.45, 2.75) is 76.5 Å². The molecule has 124 valence electrons. The van der Waals surface area contributed by atoms with Crippen LogP contribution in [0.3, 0.4) is 0 Å². The smallest absolute Gasteiger partial charge is 0.123 e. The lowest BCUT2D eigenvalue weighted by Gasteiger charge is -2.32. The van der Waals surface area contributed by atoms with E-state index in [4.69, 9.17) is 4.74 Å². The van der Waals surface area contributed by atoms with E-state index < -0.39 is 0 Å². The molecule has 0 spiro atoms. The van der Waals surface area contributed by atoms with Gasteiger partial charge in [0.2, 0.25) is 0 Å². The minimum atomic E-state index is 0.339. The first-order valence-electron chi connectivity index (χ1n) is 9.15. The largest absolute Gasteiger partial charge is 0.490 e. The zero-order valence-electron chi connectivity index (χ0n) is 14.0. The maximum Gasteiger partial charge on any atom is 0.123 e. The van der Waals surface area contributed by atoms with Gasteiger partial charge in [-0.3, -0.25) is 5.10 Å². The third-order valence-electron chi connectivity index (χ3n) is 5.59. The molecule has 0 bridgehead atoms. The summed E-state index contributed by atoms with van der Waals surface area (Å²) in [7, 11) is 0. The Morgan fingerprint density at radius 3 is 2.78 bits per heavy atom. The number of fused-ring (bicyclic) bond motifs is 1. The molecule has 0 amide bonds. The van der Waals surface area contributed by atoms with Gasteiger partial charge in [0.05, 0.1) is 11.7 Å². The Morgan fingerprint density at radius 1 is 1.09 bits per heavy atom. The predicted octanol–water partition coefficient (Wildman–Crippen LogP) is 4.09. The standard InChI is InChI=1S/C19H27N3O/c1-13-17-12-20-22-18(17)9-10-19(13)23-16-8-4-7-15(11-16)21-14-5-2-3-6-14/h9-10,12,14-16,21H,2-8,11H2,1H3,(H,20,22)/t15-,16-/m0/s1. The molecule has 0 unspecified atom stereocenters. The van der Waals surface area contributed by atoms with Crippen LogP contribution in [0.5, 0.6) is 5.75 Å². The molecule has 0 saturated heterocycles. The highest BCUT2D eigenvalue weighted by molar-refractivity contribution is 5.83. The first-order valence-corrected chi connectivity index (χ1v) is 9.15. The van der Waals surface area contributed by atoms with Gasteiger partial charge in [0.1, 0.15) is 11.9 Å². The van der Waals surface area contributed by atoms with Crippen molar-refractivity contribution in [3.8, 4) is 5.75 Å². The SMILES string of the molecule is Cc1c(O[C@H]2CCC[C@H](NC3CCCC3)C2)ccc2[nH]ncc12. The van der Waals surface area contributed by atoms with Crippen molar-refractivity contribution in [2.75, 3.05) is 0 Å². The van der Waals surface area contributed by atoms with Crippen LogP contribution in [0.4, 0.5) is 0 Å². The second-order valence-electron chi connectivity index (χ2n) is 7.27. The molecule has 1 heterocycles. The first kappa shape index (κ1) is 15.0. The number of benzene rings is 1. The van der Waals surface area contributed by atoms with Crippen LogP contribution in [0, 0.1) is 6.92 Å². The van der Waals surface area contributed by atoms with E-state index >= 15 is 0 Å². The Kier molecular flexibility index (Phi) is 4.25. The monoisotopic (exact) mass is 313 g/mol. The first-order chi connectivity index (χ1) is 11.3. The van der Waals surface area contributed by atoms with Crippen molar-refractivity contribution >= 4 is 10.9 Å². The molecule has 4 nitrogen and oxygen atoms in total. The summed E-state index contributed by atoms with van der Waals surface area (Å²) in [5.74, 6) is 1.02. The molecule has 2 N–H and O–H groups in total. The summed E-state index contributed by atoms with van der Waals surface area (Å²) in [6, 6.07) is 5.54. The number of hydrogen-bond acceptors (Lipinski definition) is 3. The fourth-order valence-corrected chi connectivity index (χ4v) is 4.28. The summed E-state index contributed by atoms with van der Waals surface area (Å²) < 4.78 is 6.38. The Balaban J connectivity index is 1.41. The van der Waals surface area contributed by atoms with E-state index in [0.717, 1.165) is 23.7 Å². The quantitative estimate of drug-likeness (QED) is 0.893. The van der Waals surface area contributed by atoms with Crippen LogP contribution in [0.15, 0.2) is 18.3 Å². The fraction of sp³-hybridized carbons (Fsp3) is 0.632. The van der Waals surface area contributed by atoms with Crippen LogP contribution in [-0.4, -0.2) is 28.4 Å². The van der Waals surface area contributed by atoms with Crippen molar-refractivity contribution < 1.29 is 4.74 Å². The molecule has 2 fully saturated rings. The van der Waals surface area contributed by atoms with E-state index in [1.807, 2.05) is 6.20 Å². The number of aromatic nitrogens is 2. The van der Waals surface area contributed by atoms with E-state index in [1.165, 1.54) is 55.9 Å². The van der Waals surface area contributed by atoms with Crippen LogP contribution in [0.1, 0.15) is 56.9 Å². The second-order valence-corrected chi connectivity index (χ2v) is 7.27. The highest BCUT2D eigenvalue weighted by atomic mass is 16.5. The van der Waals surface area contributed by atoms with Crippen LogP contribution < -0.4 is 10.1 Å². The summed E-state index contributed by atoms with van der Waals surface area (Å²) in [6.07, 6.45) is 12.6. The van der Waals surface area contributed by atoms with Gasteiger partial charge >= 0.3 is 0 Å². The van der Waals surface area contributed by atoms with Gasteiger partial charge in [0, 0.05) is 23.0 Å². The van der Waals surface area contributed by atoms with Gasteiger partial charge in [0.15, 0.2) is 0 Å². The highest BCUT2D eigenvalue weighted by Gasteiger charge is 2.26. The molecule has 4 rings (SSSR count). The summed E-state index contributed by atoms with van der Waals surface area (Å²) in [4.78, 5) is 0. The van der Waals surface area contributed by atoms with Crippen molar-refractivity contribution in [1.82, 2.24) is 15.5 Å². The molecule has 1 aromatic carbocycles. The molecule has 2 atom stereocenters. The summed E-state index contributed by atoms with van der Waals surface area (Å²) in [5.41, 5.74) is 2.28. The van der Waals surface area contributed by atoms with Gasteiger partial charge in [0.25, 0.3) is 0 Å². The molecule has 23 heavy (non-hydrogen) atoms. The lowest BCUT2D eigenvalue weighted by molar-refractivity contribution is 0.130.